The first-order chi connectivity index (χ1) is 6.95. The van der Waals surface area contributed by atoms with Crippen LogP contribution in [0.4, 0.5) is 0 Å². The highest BCUT2D eigenvalue weighted by molar-refractivity contribution is 9.09. The summed E-state index contributed by atoms with van der Waals surface area (Å²) in [5.74, 6) is 0. The maximum Gasteiger partial charge on any atom is 0.0313 e. The van der Waals surface area contributed by atoms with Gasteiger partial charge in [-0.3, -0.25) is 9.88 Å². The molecule has 1 rings (SSSR count). The Bertz CT molecular complexity index is 323. The second-order valence-corrected chi connectivity index (χ2v) is 5.23. The van der Waals surface area contributed by atoms with Gasteiger partial charge < -0.3 is 0 Å². The van der Waals surface area contributed by atoms with Crippen molar-refractivity contribution in [2.75, 3.05) is 12.4 Å². The number of pyridine rings is 1. The van der Waals surface area contributed by atoms with E-state index < -0.39 is 0 Å². The molecule has 0 radical (unpaired) electrons. The average Bonchev–Trinajstić information content (AvgIpc) is 2.17. The molecule has 0 amide bonds. The molecule has 2 nitrogen and oxygen atoms in total. The molecule has 15 heavy (non-hydrogen) atoms. The fourth-order valence-corrected chi connectivity index (χ4v) is 1.72. The molecule has 0 fully saturated rings. The lowest BCUT2D eigenvalue weighted by Crippen LogP contribution is -2.41. The number of nitrogens with zero attached hydrogens (tertiary/aromatic N) is 2. The Labute approximate surface area is 101 Å². The highest BCUT2D eigenvalue weighted by Gasteiger charge is 2.21. The lowest BCUT2D eigenvalue weighted by atomic mass is 10.1. The molecular weight excluding hydrogens is 252 g/mol. The number of rotatable bonds is 4. The molecule has 0 bridgehead atoms. The monoisotopic (exact) mass is 270 g/mol. The van der Waals surface area contributed by atoms with Crippen molar-refractivity contribution >= 4 is 15.9 Å². The molecule has 0 aromatic carbocycles. The lowest BCUT2D eigenvalue weighted by molar-refractivity contribution is 0.173. The second-order valence-electron chi connectivity index (χ2n) is 4.67. The molecule has 0 unspecified atom stereocenters. The van der Waals surface area contributed by atoms with E-state index >= 15 is 0 Å². The number of alkyl halides is 1. The zero-order valence-electron chi connectivity index (χ0n) is 9.92. The molecule has 0 aliphatic rings. The van der Waals surface area contributed by atoms with Crippen LogP contribution < -0.4 is 0 Å². The molecule has 1 aromatic heterocycles. The van der Waals surface area contributed by atoms with E-state index in [2.05, 4.69) is 59.7 Å². The SMILES string of the molecule is Cc1cncc(CN(C)C(C)(C)CBr)c1. The van der Waals surface area contributed by atoms with Crippen molar-refractivity contribution in [3.8, 4) is 0 Å². The van der Waals surface area contributed by atoms with Crippen LogP contribution in [-0.4, -0.2) is 27.8 Å². The molecule has 0 atom stereocenters. The highest BCUT2D eigenvalue weighted by Crippen LogP contribution is 2.18. The van der Waals surface area contributed by atoms with Gasteiger partial charge in [0.1, 0.15) is 0 Å². The van der Waals surface area contributed by atoms with Gasteiger partial charge >= 0.3 is 0 Å². The maximum atomic E-state index is 4.21. The van der Waals surface area contributed by atoms with E-state index in [1.807, 2.05) is 12.4 Å². The van der Waals surface area contributed by atoms with Gasteiger partial charge in [-0.1, -0.05) is 22.0 Å². The fourth-order valence-electron chi connectivity index (χ4n) is 1.29. The van der Waals surface area contributed by atoms with Crippen LogP contribution in [0.5, 0.6) is 0 Å². The minimum absolute atomic E-state index is 0.170. The third-order valence-corrected chi connectivity index (χ3v) is 4.08. The summed E-state index contributed by atoms with van der Waals surface area (Å²) in [6.07, 6.45) is 3.83. The van der Waals surface area contributed by atoms with Gasteiger partial charge in [-0.05, 0) is 38.9 Å². The highest BCUT2D eigenvalue weighted by atomic mass is 79.9. The first-order valence-corrected chi connectivity index (χ1v) is 6.25. The summed E-state index contributed by atoms with van der Waals surface area (Å²) < 4.78 is 0. The van der Waals surface area contributed by atoms with Crippen molar-refractivity contribution in [1.29, 1.82) is 0 Å². The standard InChI is InChI=1S/C12H19BrN2/c1-10-5-11(7-14-6-10)8-15(4)12(2,3)9-13/h5-7H,8-9H2,1-4H3. The summed E-state index contributed by atoms with van der Waals surface area (Å²) in [7, 11) is 2.14. The lowest BCUT2D eigenvalue weighted by Gasteiger charge is -2.34. The Morgan fingerprint density at radius 3 is 2.60 bits per heavy atom. The number of halogens is 1. The van der Waals surface area contributed by atoms with Crippen molar-refractivity contribution in [3.05, 3.63) is 29.6 Å². The van der Waals surface area contributed by atoms with Crippen molar-refractivity contribution in [2.24, 2.45) is 0 Å². The largest absolute Gasteiger partial charge is 0.296 e. The summed E-state index contributed by atoms with van der Waals surface area (Å²) in [5.41, 5.74) is 2.66. The third-order valence-electron chi connectivity index (χ3n) is 2.71. The Morgan fingerprint density at radius 2 is 2.07 bits per heavy atom. The van der Waals surface area contributed by atoms with Gasteiger partial charge in [0.25, 0.3) is 0 Å². The molecule has 0 saturated carbocycles. The van der Waals surface area contributed by atoms with Crippen molar-refractivity contribution in [2.45, 2.75) is 32.9 Å². The van der Waals surface area contributed by atoms with E-state index in [4.69, 9.17) is 0 Å². The Kier molecular flexibility index (Phi) is 4.29. The van der Waals surface area contributed by atoms with Crippen LogP contribution in [0.1, 0.15) is 25.0 Å². The Morgan fingerprint density at radius 1 is 1.40 bits per heavy atom. The molecule has 0 aliphatic carbocycles. The van der Waals surface area contributed by atoms with Crippen LogP contribution in [-0.2, 0) is 6.54 Å². The van der Waals surface area contributed by atoms with Gasteiger partial charge in [-0.25, -0.2) is 0 Å². The average molecular weight is 271 g/mol. The van der Waals surface area contributed by atoms with E-state index in [9.17, 15) is 0 Å². The summed E-state index contributed by atoms with van der Waals surface area (Å²) >= 11 is 3.54. The van der Waals surface area contributed by atoms with Gasteiger partial charge in [0.15, 0.2) is 0 Å². The minimum Gasteiger partial charge on any atom is -0.296 e. The summed E-state index contributed by atoms with van der Waals surface area (Å²) in [4.78, 5) is 6.54. The molecule has 84 valence electrons. The van der Waals surface area contributed by atoms with Gasteiger partial charge in [-0.2, -0.15) is 0 Å². The van der Waals surface area contributed by atoms with Crippen molar-refractivity contribution < 1.29 is 0 Å². The third kappa shape index (κ3) is 3.58. The van der Waals surface area contributed by atoms with Gasteiger partial charge in [0.05, 0.1) is 0 Å². The molecule has 0 saturated heterocycles. The van der Waals surface area contributed by atoms with Gasteiger partial charge in [-0.15, -0.1) is 0 Å². The number of hydrogen-bond donors (Lipinski definition) is 0. The first-order valence-electron chi connectivity index (χ1n) is 5.13. The Balaban J connectivity index is 2.70. The molecule has 1 aromatic rings. The predicted octanol–water partition coefficient (Wildman–Crippen LogP) is 3.00. The van der Waals surface area contributed by atoms with Crippen molar-refractivity contribution in [1.82, 2.24) is 9.88 Å². The predicted molar refractivity (Wildman–Crippen MR) is 68.3 cm³/mol. The number of aromatic nitrogens is 1. The fraction of sp³-hybridized carbons (Fsp3) is 0.583. The van der Waals surface area contributed by atoms with Crippen LogP contribution in [0.3, 0.4) is 0 Å². The zero-order valence-corrected chi connectivity index (χ0v) is 11.5. The van der Waals surface area contributed by atoms with Gasteiger partial charge in [0.2, 0.25) is 0 Å². The van der Waals surface area contributed by atoms with E-state index in [1.54, 1.807) is 0 Å². The maximum absolute atomic E-state index is 4.21. The summed E-state index contributed by atoms with van der Waals surface area (Å²) in [5, 5.41) is 0.968. The normalized spacial score (nSPS) is 12.1. The molecule has 0 aliphatic heterocycles. The van der Waals surface area contributed by atoms with Crippen LogP contribution in [0, 0.1) is 6.92 Å². The quantitative estimate of drug-likeness (QED) is 0.783. The van der Waals surface area contributed by atoms with Crippen LogP contribution in [0.15, 0.2) is 18.5 Å². The summed E-state index contributed by atoms with van der Waals surface area (Å²) in [6.45, 7) is 7.47. The van der Waals surface area contributed by atoms with E-state index in [0.717, 1.165) is 11.9 Å². The van der Waals surface area contributed by atoms with E-state index in [-0.39, 0.29) is 5.54 Å². The second kappa shape index (κ2) is 5.08. The molecule has 3 heteroatoms. The number of hydrogen-bond acceptors (Lipinski definition) is 2. The molecule has 0 spiro atoms. The summed E-state index contributed by atoms with van der Waals surface area (Å²) in [6, 6.07) is 2.19. The van der Waals surface area contributed by atoms with Crippen molar-refractivity contribution in [3.63, 3.8) is 0 Å². The topological polar surface area (TPSA) is 16.1 Å². The van der Waals surface area contributed by atoms with Gasteiger partial charge in [0, 0.05) is 29.8 Å². The first kappa shape index (κ1) is 12.7. The van der Waals surface area contributed by atoms with E-state index in [0.29, 0.717) is 0 Å². The van der Waals surface area contributed by atoms with E-state index in [1.165, 1.54) is 11.1 Å². The minimum atomic E-state index is 0.170. The molecular formula is C12H19BrN2. The van der Waals surface area contributed by atoms with Crippen LogP contribution >= 0.6 is 15.9 Å². The van der Waals surface area contributed by atoms with Crippen LogP contribution in [0.2, 0.25) is 0 Å². The zero-order chi connectivity index (χ0) is 11.5. The smallest absolute Gasteiger partial charge is 0.0313 e. The van der Waals surface area contributed by atoms with Crippen LogP contribution in [0.25, 0.3) is 0 Å². The molecule has 1 heterocycles. The number of aryl methyl sites for hydroxylation is 1. The Hall–Kier alpha value is -0.410. The molecule has 0 N–H and O–H groups in total.